The van der Waals surface area contributed by atoms with Gasteiger partial charge < -0.3 is 4.74 Å². The molecule has 0 bridgehead atoms. The van der Waals surface area contributed by atoms with Gasteiger partial charge in [-0.1, -0.05) is 54.6 Å². The molecule has 0 aliphatic carbocycles. The van der Waals surface area contributed by atoms with Crippen molar-refractivity contribution < 1.29 is 9.53 Å². The standard InChI is InChI=1S/C23H17NO2/c1-26-23(25)18-9-6-10-19(14-18)24-15-22-20-11-4-2-7-16(20)13-17-8-3-5-12-21(17)22/h2-15H,1H3. The maximum atomic E-state index is 11.7. The Morgan fingerprint density at radius 3 is 2.15 bits per heavy atom. The molecule has 0 radical (unpaired) electrons. The minimum absolute atomic E-state index is 0.363. The van der Waals surface area contributed by atoms with E-state index >= 15 is 0 Å². The summed E-state index contributed by atoms with van der Waals surface area (Å²) >= 11 is 0. The normalized spacial score (nSPS) is 11.3. The number of hydrogen-bond acceptors (Lipinski definition) is 3. The molecule has 0 heterocycles. The molecule has 0 aliphatic heterocycles. The van der Waals surface area contributed by atoms with Gasteiger partial charge in [0.25, 0.3) is 0 Å². The molecule has 0 fully saturated rings. The van der Waals surface area contributed by atoms with Crippen LogP contribution in [0.3, 0.4) is 0 Å². The fourth-order valence-electron chi connectivity index (χ4n) is 3.16. The number of ether oxygens (including phenoxy) is 1. The van der Waals surface area contributed by atoms with Gasteiger partial charge in [0.05, 0.1) is 18.4 Å². The van der Waals surface area contributed by atoms with Gasteiger partial charge in [0, 0.05) is 11.8 Å². The van der Waals surface area contributed by atoms with Crippen molar-refractivity contribution in [2.45, 2.75) is 0 Å². The van der Waals surface area contributed by atoms with Gasteiger partial charge in [-0.15, -0.1) is 0 Å². The fourth-order valence-corrected chi connectivity index (χ4v) is 3.16. The van der Waals surface area contributed by atoms with Gasteiger partial charge in [-0.25, -0.2) is 4.79 Å². The van der Waals surface area contributed by atoms with Crippen LogP contribution in [0, 0.1) is 0 Å². The summed E-state index contributed by atoms with van der Waals surface area (Å²) in [6.07, 6.45) is 1.88. The molecule has 0 atom stereocenters. The Morgan fingerprint density at radius 2 is 1.50 bits per heavy atom. The topological polar surface area (TPSA) is 38.7 Å². The lowest BCUT2D eigenvalue weighted by atomic mass is 9.97. The smallest absolute Gasteiger partial charge is 0.337 e. The number of nitrogens with zero attached hydrogens (tertiary/aromatic N) is 1. The first kappa shape index (κ1) is 16.0. The third-order valence-corrected chi connectivity index (χ3v) is 4.42. The van der Waals surface area contributed by atoms with E-state index < -0.39 is 0 Å². The maximum absolute atomic E-state index is 11.7. The van der Waals surface area contributed by atoms with E-state index in [0.717, 1.165) is 16.3 Å². The zero-order valence-electron chi connectivity index (χ0n) is 14.3. The van der Waals surface area contributed by atoms with Crippen molar-refractivity contribution in [3.8, 4) is 0 Å². The largest absolute Gasteiger partial charge is 0.465 e. The minimum Gasteiger partial charge on any atom is -0.465 e. The maximum Gasteiger partial charge on any atom is 0.337 e. The number of methoxy groups -OCH3 is 1. The predicted octanol–water partition coefficient (Wildman–Crippen LogP) is 5.53. The molecule has 26 heavy (non-hydrogen) atoms. The Kier molecular flexibility index (Phi) is 4.20. The summed E-state index contributed by atoms with van der Waals surface area (Å²) in [5.74, 6) is -0.363. The van der Waals surface area contributed by atoms with Crippen LogP contribution in [-0.4, -0.2) is 19.3 Å². The summed E-state index contributed by atoms with van der Waals surface area (Å²) in [5, 5.41) is 4.66. The molecule has 126 valence electrons. The second-order valence-electron chi connectivity index (χ2n) is 6.03. The lowest BCUT2D eigenvalue weighted by Gasteiger charge is -2.08. The van der Waals surface area contributed by atoms with Crippen LogP contribution in [0.15, 0.2) is 83.9 Å². The van der Waals surface area contributed by atoms with Gasteiger partial charge in [0.1, 0.15) is 0 Å². The van der Waals surface area contributed by atoms with E-state index in [4.69, 9.17) is 4.74 Å². The highest BCUT2D eigenvalue weighted by Gasteiger charge is 2.07. The van der Waals surface area contributed by atoms with Gasteiger partial charge in [-0.05, 0) is 45.8 Å². The summed E-state index contributed by atoms with van der Waals surface area (Å²) in [6, 6.07) is 25.9. The van der Waals surface area contributed by atoms with Crippen LogP contribution in [-0.2, 0) is 4.74 Å². The highest BCUT2D eigenvalue weighted by Crippen LogP contribution is 2.28. The molecule has 0 aliphatic rings. The first-order chi connectivity index (χ1) is 12.8. The van der Waals surface area contributed by atoms with Crippen LogP contribution in [0.5, 0.6) is 0 Å². The van der Waals surface area contributed by atoms with Gasteiger partial charge in [-0.2, -0.15) is 0 Å². The molecule has 0 aromatic heterocycles. The lowest BCUT2D eigenvalue weighted by Crippen LogP contribution is -2.00. The van der Waals surface area contributed by atoms with E-state index in [2.05, 4.69) is 35.3 Å². The third-order valence-electron chi connectivity index (χ3n) is 4.42. The molecule has 0 spiro atoms. The number of aliphatic imine (C=N–C) groups is 1. The quantitative estimate of drug-likeness (QED) is 0.280. The molecular weight excluding hydrogens is 322 g/mol. The Bertz CT molecular complexity index is 1090. The average Bonchev–Trinajstić information content (AvgIpc) is 2.70. The summed E-state index contributed by atoms with van der Waals surface area (Å²) in [7, 11) is 1.38. The fraction of sp³-hybridized carbons (Fsp3) is 0.0435. The molecule has 0 unspecified atom stereocenters. The molecule has 4 aromatic rings. The zero-order valence-corrected chi connectivity index (χ0v) is 14.3. The average molecular weight is 339 g/mol. The highest BCUT2D eigenvalue weighted by atomic mass is 16.5. The molecule has 4 aromatic carbocycles. The summed E-state index contributed by atoms with van der Waals surface area (Å²) in [5.41, 5.74) is 2.28. The number of carbonyl (C=O) groups excluding carboxylic acids is 1. The minimum atomic E-state index is -0.363. The molecule has 3 heteroatoms. The third kappa shape index (κ3) is 2.95. The van der Waals surface area contributed by atoms with Crippen molar-refractivity contribution in [2.24, 2.45) is 4.99 Å². The summed E-state index contributed by atoms with van der Waals surface area (Å²) in [6.45, 7) is 0. The second-order valence-corrected chi connectivity index (χ2v) is 6.03. The van der Waals surface area contributed by atoms with E-state index in [1.54, 1.807) is 18.2 Å². The summed E-state index contributed by atoms with van der Waals surface area (Å²) < 4.78 is 4.78. The molecule has 4 rings (SSSR count). The van der Waals surface area contributed by atoms with Gasteiger partial charge in [-0.3, -0.25) is 4.99 Å². The van der Waals surface area contributed by atoms with E-state index in [1.807, 2.05) is 36.5 Å². The van der Waals surface area contributed by atoms with Crippen molar-refractivity contribution in [1.29, 1.82) is 0 Å². The molecule has 3 nitrogen and oxygen atoms in total. The van der Waals surface area contributed by atoms with Crippen molar-refractivity contribution in [1.82, 2.24) is 0 Å². The Balaban J connectivity index is 1.86. The number of hydrogen-bond donors (Lipinski definition) is 0. The zero-order chi connectivity index (χ0) is 17.9. The number of esters is 1. The van der Waals surface area contributed by atoms with Gasteiger partial charge in [0.2, 0.25) is 0 Å². The first-order valence-corrected chi connectivity index (χ1v) is 8.39. The van der Waals surface area contributed by atoms with Crippen LogP contribution < -0.4 is 0 Å². The van der Waals surface area contributed by atoms with Crippen LogP contribution in [0.1, 0.15) is 15.9 Å². The van der Waals surface area contributed by atoms with Crippen molar-refractivity contribution >= 4 is 39.4 Å². The Hall–Kier alpha value is -3.46. The molecule has 0 saturated carbocycles. The van der Waals surface area contributed by atoms with Crippen molar-refractivity contribution in [2.75, 3.05) is 7.11 Å². The lowest BCUT2D eigenvalue weighted by molar-refractivity contribution is 0.0601. The Morgan fingerprint density at radius 1 is 0.846 bits per heavy atom. The van der Waals surface area contributed by atoms with E-state index in [9.17, 15) is 4.79 Å². The number of carbonyl (C=O) groups is 1. The van der Waals surface area contributed by atoms with Crippen LogP contribution >= 0.6 is 0 Å². The first-order valence-electron chi connectivity index (χ1n) is 8.39. The SMILES string of the molecule is COC(=O)c1cccc(N=Cc2c3ccccc3cc3ccccc23)c1. The number of benzene rings is 4. The van der Waals surface area contributed by atoms with Crippen LogP contribution in [0.25, 0.3) is 21.5 Å². The van der Waals surface area contributed by atoms with Gasteiger partial charge >= 0.3 is 5.97 Å². The van der Waals surface area contributed by atoms with Crippen LogP contribution in [0.4, 0.5) is 5.69 Å². The molecule has 0 amide bonds. The van der Waals surface area contributed by atoms with E-state index in [1.165, 1.54) is 17.9 Å². The Labute approximate surface area is 151 Å². The summed E-state index contributed by atoms with van der Waals surface area (Å²) in [4.78, 5) is 16.3. The second kappa shape index (κ2) is 6.81. The monoisotopic (exact) mass is 339 g/mol. The van der Waals surface area contributed by atoms with Crippen LogP contribution in [0.2, 0.25) is 0 Å². The number of fused-ring (bicyclic) bond motifs is 2. The molecule has 0 N–H and O–H groups in total. The van der Waals surface area contributed by atoms with Crippen molar-refractivity contribution in [3.05, 3.63) is 90.0 Å². The highest BCUT2D eigenvalue weighted by molar-refractivity contribution is 6.13. The van der Waals surface area contributed by atoms with Crippen molar-refractivity contribution in [3.63, 3.8) is 0 Å². The van der Waals surface area contributed by atoms with E-state index in [0.29, 0.717) is 11.3 Å². The molecular formula is C23H17NO2. The predicted molar refractivity (Wildman–Crippen MR) is 106 cm³/mol. The van der Waals surface area contributed by atoms with Gasteiger partial charge in [0.15, 0.2) is 0 Å². The van der Waals surface area contributed by atoms with E-state index in [-0.39, 0.29) is 5.97 Å². The molecule has 0 saturated heterocycles. The number of rotatable bonds is 3.